The van der Waals surface area contributed by atoms with E-state index in [9.17, 15) is 0 Å². The van der Waals surface area contributed by atoms with Gasteiger partial charge in [0.15, 0.2) is 17.5 Å². The van der Waals surface area contributed by atoms with Gasteiger partial charge in [-0.05, 0) is 37.3 Å². The number of allylic oxidation sites excluding steroid dienone is 2. The Balaban J connectivity index is 1.43. The molecule has 0 bridgehead atoms. The van der Waals surface area contributed by atoms with Gasteiger partial charge in [0, 0.05) is 39.5 Å². The fourth-order valence-corrected chi connectivity index (χ4v) is 3.94. The van der Waals surface area contributed by atoms with Gasteiger partial charge < -0.3 is 10.6 Å². The van der Waals surface area contributed by atoms with E-state index >= 15 is 0 Å². The third kappa shape index (κ3) is 6.16. The maximum absolute atomic E-state index is 4.83. The fourth-order valence-electron chi connectivity index (χ4n) is 3.94. The molecule has 0 unspecified atom stereocenters. The van der Waals surface area contributed by atoms with Crippen LogP contribution in [0.15, 0.2) is 139 Å². The lowest BCUT2D eigenvalue weighted by atomic mass is 10.1. The van der Waals surface area contributed by atoms with E-state index in [0.717, 1.165) is 39.5 Å². The summed E-state index contributed by atoms with van der Waals surface area (Å²) < 4.78 is 0. The maximum Gasteiger partial charge on any atom is 0.164 e. The van der Waals surface area contributed by atoms with Gasteiger partial charge in [0.1, 0.15) is 0 Å². The van der Waals surface area contributed by atoms with Gasteiger partial charge in [-0.25, -0.2) is 15.0 Å². The molecule has 2 N–H and O–H groups in total. The quantitative estimate of drug-likeness (QED) is 0.221. The summed E-state index contributed by atoms with van der Waals surface area (Å²) >= 11 is 0. The van der Waals surface area contributed by atoms with Gasteiger partial charge in [-0.3, -0.25) is 0 Å². The molecule has 0 radical (unpaired) electrons. The Morgan fingerprint density at radius 3 is 1.59 bits per heavy atom. The van der Waals surface area contributed by atoms with Crippen LogP contribution in [0.3, 0.4) is 0 Å². The molecule has 1 heterocycles. The molecular formula is C32H27N5. The first-order valence-corrected chi connectivity index (χ1v) is 12.1. The molecule has 37 heavy (non-hydrogen) atoms. The van der Waals surface area contributed by atoms with Crippen LogP contribution in [0, 0.1) is 0 Å². The highest BCUT2D eigenvalue weighted by atomic mass is 15.0. The van der Waals surface area contributed by atoms with Crippen LogP contribution in [-0.2, 0) is 0 Å². The van der Waals surface area contributed by atoms with Crippen molar-refractivity contribution in [1.82, 2.24) is 15.0 Å². The Bertz CT molecular complexity index is 1470. The van der Waals surface area contributed by atoms with Crippen molar-refractivity contribution < 1.29 is 0 Å². The molecule has 0 fully saturated rings. The zero-order valence-corrected chi connectivity index (χ0v) is 20.6. The molecule has 0 saturated carbocycles. The predicted octanol–water partition coefficient (Wildman–Crippen LogP) is 7.81. The van der Waals surface area contributed by atoms with Crippen LogP contribution in [0.4, 0.5) is 11.4 Å². The molecule has 0 atom stereocenters. The Hall–Kier alpha value is -5.03. The summed E-state index contributed by atoms with van der Waals surface area (Å²) in [5.41, 5.74) is 6.47. The summed E-state index contributed by atoms with van der Waals surface area (Å²) in [7, 11) is 0. The van der Waals surface area contributed by atoms with Crippen LogP contribution in [0.5, 0.6) is 0 Å². The average Bonchev–Trinajstić information content (AvgIpc) is 2.94. The number of nitrogens with one attached hydrogen (secondary N) is 2. The van der Waals surface area contributed by atoms with E-state index in [1.807, 2.05) is 128 Å². The highest BCUT2D eigenvalue weighted by Gasteiger charge is 2.12. The van der Waals surface area contributed by atoms with Crippen molar-refractivity contribution in [3.63, 3.8) is 0 Å². The van der Waals surface area contributed by atoms with E-state index in [2.05, 4.69) is 17.2 Å². The van der Waals surface area contributed by atoms with Gasteiger partial charge in [-0.1, -0.05) is 97.6 Å². The topological polar surface area (TPSA) is 62.7 Å². The largest absolute Gasteiger partial charge is 0.359 e. The SMILES string of the molecule is C=C(/C=C(\C)Nc1cccc(-c2nc(-c3ccccc3)nc(-c3ccccc3)n2)c1)Nc1ccccc1. The summed E-state index contributed by atoms with van der Waals surface area (Å²) in [6.07, 6.45) is 1.98. The third-order valence-corrected chi connectivity index (χ3v) is 5.63. The lowest BCUT2D eigenvalue weighted by Gasteiger charge is -2.12. The van der Waals surface area contributed by atoms with Crippen molar-refractivity contribution in [2.45, 2.75) is 6.92 Å². The van der Waals surface area contributed by atoms with Crippen LogP contribution in [-0.4, -0.2) is 15.0 Å². The second-order valence-electron chi connectivity index (χ2n) is 8.59. The molecule has 0 aliphatic heterocycles. The van der Waals surface area contributed by atoms with Crippen molar-refractivity contribution in [3.8, 4) is 34.2 Å². The smallest absolute Gasteiger partial charge is 0.164 e. The number of nitrogens with zero attached hydrogens (tertiary/aromatic N) is 3. The summed E-state index contributed by atoms with van der Waals surface area (Å²) in [5, 5.41) is 6.75. The molecule has 0 saturated heterocycles. The van der Waals surface area contributed by atoms with Crippen LogP contribution < -0.4 is 10.6 Å². The van der Waals surface area contributed by atoms with Crippen LogP contribution in [0.2, 0.25) is 0 Å². The van der Waals surface area contributed by atoms with Gasteiger partial charge in [0.2, 0.25) is 0 Å². The van der Waals surface area contributed by atoms with E-state index in [1.165, 1.54) is 0 Å². The first-order chi connectivity index (χ1) is 18.1. The molecular weight excluding hydrogens is 454 g/mol. The van der Waals surface area contributed by atoms with Crippen molar-refractivity contribution in [3.05, 3.63) is 139 Å². The normalized spacial score (nSPS) is 11.1. The summed E-state index contributed by atoms with van der Waals surface area (Å²) in [6.45, 7) is 6.13. The number of aromatic nitrogens is 3. The van der Waals surface area contributed by atoms with Crippen molar-refractivity contribution in [2.75, 3.05) is 10.6 Å². The zero-order chi connectivity index (χ0) is 25.5. The monoisotopic (exact) mass is 481 g/mol. The zero-order valence-electron chi connectivity index (χ0n) is 20.6. The molecule has 5 aromatic rings. The van der Waals surface area contributed by atoms with E-state index in [4.69, 9.17) is 15.0 Å². The summed E-state index contributed by atoms with van der Waals surface area (Å²) in [5.74, 6) is 1.90. The minimum atomic E-state index is 0.619. The molecule has 1 aromatic heterocycles. The minimum absolute atomic E-state index is 0.619. The van der Waals surface area contributed by atoms with Gasteiger partial charge in [0.05, 0.1) is 0 Å². The van der Waals surface area contributed by atoms with Crippen LogP contribution >= 0.6 is 0 Å². The number of para-hydroxylation sites is 1. The Labute approximate surface area is 217 Å². The highest BCUT2D eigenvalue weighted by molar-refractivity contribution is 5.69. The average molecular weight is 482 g/mol. The molecule has 5 nitrogen and oxygen atoms in total. The minimum Gasteiger partial charge on any atom is -0.359 e. The lowest BCUT2D eigenvalue weighted by Crippen LogP contribution is -2.02. The molecule has 0 amide bonds. The van der Waals surface area contributed by atoms with Gasteiger partial charge in [-0.2, -0.15) is 0 Å². The van der Waals surface area contributed by atoms with E-state index < -0.39 is 0 Å². The third-order valence-electron chi connectivity index (χ3n) is 5.63. The molecule has 4 aromatic carbocycles. The lowest BCUT2D eigenvalue weighted by molar-refractivity contribution is 1.07. The van der Waals surface area contributed by atoms with Crippen molar-refractivity contribution >= 4 is 11.4 Å². The molecule has 0 spiro atoms. The van der Waals surface area contributed by atoms with E-state index in [0.29, 0.717) is 17.5 Å². The number of benzene rings is 4. The van der Waals surface area contributed by atoms with Crippen LogP contribution in [0.25, 0.3) is 34.2 Å². The second kappa shape index (κ2) is 11.1. The fraction of sp³-hybridized carbons (Fsp3) is 0.0312. The van der Waals surface area contributed by atoms with Crippen molar-refractivity contribution in [2.24, 2.45) is 0 Å². The first-order valence-electron chi connectivity index (χ1n) is 12.1. The van der Waals surface area contributed by atoms with Gasteiger partial charge in [0.25, 0.3) is 0 Å². The number of hydrogen-bond donors (Lipinski definition) is 2. The molecule has 5 heteroatoms. The summed E-state index contributed by atoms with van der Waals surface area (Å²) in [6, 6.07) is 38.0. The Kier molecular flexibility index (Phi) is 7.14. The molecule has 0 aliphatic carbocycles. The number of anilines is 2. The number of rotatable bonds is 8. The van der Waals surface area contributed by atoms with E-state index in [-0.39, 0.29) is 0 Å². The first kappa shape index (κ1) is 23.7. The van der Waals surface area contributed by atoms with Crippen molar-refractivity contribution in [1.29, 1.82) is 0 Å². The Morgan fingerprint density at radius 2 is 1.03 bits per heavy atom. The Morgan fingerprint density at radius 1 is 0.568 bits per heavy atom. The number of hydrogen-bond acceptors (Lipinski definition) is 5. The maximum atomic E-state index is 4.83. The summed E-state index contributed by atoms with van der Waals surface area (Å²) in [4.78, 5) is 14.4. The molecule has 0 aliphatic rings. The molecule has 5 rings (SSSR count). The standard InChI is InChI=1S/C32H27N5/c1-23(33-28-18-10-5-11-19-28)21-24(2)34-29-20-12-17-27(22-29)32-36-30(25-13-6-3-7-14-25)35-31(37-32)26-15-8-4-9-16-26/h3-22,33-34H,1H2,2H3/b24-21+. The van der Waals surface area contributed by atoms with Gasteiger partial charge >= 0.3 is 0 Å². The van der Waals surface area contributed by atoms with Crippen LogP contribution in [0.1, 0.15) is 6.92 Å². The highest BCUT2D eigenvalue weighted by Crippen LogP contribution is 2.26. The molecule has 180 valence electrons. The second-order valence-corrected chi connectivity index (χ2v) is 8.59. The van der Waals surface area contributed by atoms with E-state index in [1.54, 1.807) is 0 Å². The predicted molar refractivity (Wildman–Crippen MR) is 153 cm³/mol. The van der Waals surface area contributed by atoms with Gasteiger partial charge in [-0.15, -0.1) is 0 Å².